The molecule has 0 aromatic rings. The summed E-state index contributed by atoms with van der Waals surface area (Å²) in [5.41, 5.74) is 1.25. The Morgan fingerprint density at radius 3 is 2.62 bits per heavy atom. The molecule has 1 amide bonds. The van der Waals surface area contributed by atoms with Gasteiger partial charge in [-0.25, -0.2) is 0 Å². The van der Waals surface area contributed by atoms with Gasteiger partial charge in [-0.2, -0.15) is 0 Å². The second-order valence-electron chi connectivity index (χ2n) is 8.11. The number of rotatable bonds is 0. The topological polar surface area (TPSA) is 46.2 Å². The largest absolute Gasteiger partial charge is 0.330 e. The van der Waals surface area contributed by atoms with Crippen LogP contribution in [0.5, 0.6) is 0 Å². The third-order valence-electron chi connectivity index (χ3n) is 7.32. The van der Waals surface area contributed by atoms with Crippen LogP contribution in [0.3, 0.4) is 0 Å². The lowest BCUT2D eigenvalue weighted by molar-refractivity contribution is -0.132. The van der Waals surface area contributed by atoms with Crippen molar-refractivity contribution in [1.29, 1.82) is 0 Å². The van der Waals surface area contributed by atoms with E-state index in [4.69, 9.17) is 0 Å². The normalized spacial score (nSPS) is 48.9. The van der Waals surface area contributed by atoms with Gasteiger partial charge in [0.1, 0.15) is 5.78 Å². The van der Waals surface area contributed by atoms with E-state index in [0.29, 0.717) is 30.0 Å². The predicted molar refractivity (Wildman–Crippen MR) is 80.2 cm³/mol. The molecular weight excluding hydrogens is 262 g/mol. The SMILES string of the molecule is C[C@]12CCC(=O)NC1=CC[C@@H]1[C@H]2CC[C@]2(C)C(=O)CC[C@@H]12. The van der Waals surface area contributed by atoms with E-state index in [9.17, 15) is 9.59 Å². The molecule has 0 aromatic carbocycles. The number of piperidine rings is 1. The van der Waals surface area contributed by atoms with Gasteiger partial charge in [0.2, 0.25) is 5.91 Å². The Hall–Kier alpha value is -1.12. The zero-order valence-corrected chi connectivity index (χ0v) is 13.1. The average molecular weight is 287 g/mol. The number of fused-ring (bicyclic) bond motifs is 5. The lowest BCUT2D eigenvalue weighted by Gasteiger charge is -2.55. The summed E-state index contributed by atoms with van der Waals surface area (Å²) in [5, 5.41) is 3.13. The fourth-order valence-corrected chi connectivity index (χ4v) is 5.96. The van der Waals surface area contributed by atoms with Gasteiger partial charge in [-0.15, -0.1) is 0 Å². The Kier molecular flexibility index (Phi) is 2.71. The van der Waals surface area contributed by atoms with Gasteiger partial charge in [-0.1, -0.05) is 19.9 Å². The lowest BCUT2D eigenvalue weighted by atomic mass is 9.50. The standard InChI is InChI=1S/C18H25NO2/c1-17-10-8-16(21)19-14(17)5-3-11-12-4-6-15(20)18(12,2)9-7-13(11)17/h5,11-13H,3-4,6-10H2,1-2H3,(H,19,21)/t11-,12-,13+,17+,18-/m0/s1. The van der Waals surface area contributed by atoms with Gasteiger partial charge in [0.05, 0.1) is 0 Å². The van der Waals surface area contributed by atoms with Crippen molar-refractivity contribution < 1.29 is 9.59 Å². The molecule has 3 aliphatic carbocycles. The molecule has 1 aliphatic heterocycles. The number of amides is 1. The van der Waals surface area contributed by atoms with Crippen LogP contribution in [0.1, 0.15) is 58.8 Å². The van der Waals surface area contributed by atoms with Crippen LogP contribution in [0.25, 0.3) is 0 Å². The van der Waals surface area contributed by atoms with Crippen molar-refractivity contribution in [2.45, 2.75) is 58.8 Å². The Bertz CT molecular complexity index is 551. The zero-order chi connectivity index (χ0) is 14.8. The summed E-state index contributed by atoms with van der Waals surface area (Å²) in [6, 6.07) is 0. The third kappa shape index (κ3) is 1.66. The summed E-state index contributed by atoms with van der Waals surface area (Å²) in [6.07, 6.45) is 9.01. The second kappa shape index (κ2) is 4.21. The van der Waals surface area contributed by atoms with E-state index in [2.05, 4.69) is 25.2 Å². The molecule has 3 fully saturated rings. The number of hydrogen-bond donors (Lipinski definition) is 1. The van der Waals surface area contributed by atoms with Gasteiger partial charge in [0, 0.05) is 29.4 Å². The van der Waals surface area contributed by atoms with Gasteiger partial charge < -0.3 is 5.32 Å². The maximum Gasteiger partial charge on any atom is 0.224 e. The molecule has 2 saturated carbocycles. The van der Waals surface area contributed by atoms with Crippen molar-refractivity contribution in [3.05, 3.63) is 11.8 Å². The summed E-state index contributed by atoms with van der Waals surface area (Å²) in [5.74, 6) is 2.52. The molecule has 1 N–H and O–H groups in total. The number of carbonyl (C=O) groups excluding carboxylic acids is 2. The molecule has 1 saturated heterocycles. The number of carbonyl (C=O) groups is 2. The minimum atomic E-state index is -0.0548. The number of allylic oxidation sites excluding steroid dienone is 2. The van der Waals surface area contributed by atoms with Gasteiger partial charge >= 0.3 is 0 Å². The van der Waals surface area contributed by atoms with Crippen LogP contribution in [0.4, 0.5) is 0 Å². The van der Waals surface area contributed by atoms with Crippen LogP contribution < -0.4 is 5.32 Å². The average Bonchev–Trinajstić information content (AvgIpc) is 2.76. The minimum absolute atomic E-state index is 0.0548. The van der Waals surface area contributed by atoms with Crippen LogP contribution in [0, 0.1) is 28.6 Å². The summed E-state index contributed by atoms with van der Waals surface area (Å²) >= 11 is 0. The molecular formula is C18H25NO2. The molecule has 0 spiro atoms. The zero-order valence-electron chi connectivity index (χ0n) is 13.1. The highest BCUT2D eigenvalue weighted by Crippen LogP contribution is 2.62. The Labute approximate surface area is 126 Å². The maximum atomic E-state index is 12.3. The summed E-state index contributed by atoms with van der Waals surface area (Å²) < 4.78 is 0. The first-order valence-electron chi connectivity index (χ1n) is 8.49. The summed E-state index contributed by atoms with van der Waals surface area (Å²) in [6.45, 7) is 4.56. The summed E-state index contributed by atoms with van der Waals surface area (Å²) in [7, 11) is 0. The van der Waals surface area contributed by atoms with Crippen molar-refractivity contribution in [3.63, 3.8) is 0 Å². The first-order chi connectivity index (χ1) is 9.95. The molecule has 3 heteroatoms. The highest BCUT2D eigenvalue weighted by Gasteiger charge is 2.58. The van der Waals surface area contributed by atoms with E-state index in [1.165, 1.54) is 5.70 Å². The fourth-order valence-electron chi connectivity index (χ4n) is 5.96. The highest BCUT2D eigenvalue weighted by atomic mass is 16.1. The van der Waals surface area contributed by atoms with Crippen molar-refractivity contribution in [1.82, 2.24) is 5.32 Å². The molecule has 1 heterocycles. The molecule has 5 atom stereocenters. The number of hydrogen-bond acceptors (Lipinski definition) is 2. The van der Waals surface area contributed by atoms with E-state index in [1.807, 2.05) is 0 Å². The molecule has 4 aliphatic rings. The molecule has 0 unspecified atom stereocenters. The number of Topliss-reactive ketones (excluding diaryl/α,β-unsaturated/α-hetero) is 1. The first-order valence-corrected chi connectivity index (χ1v) is 8.49. The number of nitrogens with one attached hydrogen (secondary N) is 1. The van der Waals surface area contributed by atoms with Crippen molar-refractivity contribution in [2.24, 2.45) is 28.6 Å². The molecule has 114 valence electrons. The van der Waals surface area contributed by atoms with Crippen molar-refractivity contribution in [3.8, 4) is 0 Å². The molecule has 0 radical (unpaired) electrons. The maximum absolute atomic E-state index is 12.3. The van der Waals surface area contributed by atoms with E-state index >= 15 is 0 Å². The van der Waals surface area contributed by atoms with Gasteiger partial charge in [-0.05, 0) is 49.9 Å². The predicted octanol–water partition coefficient (Wildman–Crippen LogP) is 3.20. The van der Waals surface area contributed by atoms with Crippen LogP contribution >= 0.6 is 0 Å². The molecule has 21 heavy (non-hydrogen) atoms. The van der Waals surface area contributed by atoms with Crippen LogP contribution in [0.15, 0.2) is 11.8 Å². The molecule has 0 bridgehead atoms. The third-order valence-corrected chi connectivity index (χ3v) is 7.32. The smallest absolute Gasteiger partial charge is 0.224 e. The second-order valence-corrected chi connectivity index (χ2v) is 8.11. The van der Waals surface area contributed by atoms with E-state index in [-0.39, 0.29) is 16.7 Å². The van der Waals surface area contributed by atoms with Gasteiger partial charge in [0.25, 0.3) is 0 Å². The minimum Gasteiger partial charge on any atom is -0.330 e. The number of ketones is 1. The van der Waals surface area contributed by atoms with E-state index in [0.717, 1.165) is 38.5 Å². The summed E-state index contributed by atoms with van der Waals surface area (Å²) in [4.78, 5) is 24.0. The van der Waals surface area contributed by atoms with Crippen LogP contribution in [0.2, 0.25) is 0 Å². The van der Waals surface area contributed by atoms with Crippen LogP contribution in [-0.2, 0) is 9.59 Å². The Morgan fingerprint density at radius 2 is 1.81 bits per heavy atom. The lowest BCUT2D eigenvalue weighted by Crippen LogP contribution is -2.53. The fraction of sp³-hybridized carbons (Fsp3) is 0.778. The monoisotopic (exact) mass is 287 g/mol. The molecule has 0 aromatic heterocycles. The van der Waals surface area contributed by atoms with Crippen molar-refractivity contribution in [2.75, 3.05) is 0 Å². The quantitative estimate of drug-likeness (QED) is 0.743. The Morgan fingerprint density at radius 1 is 1.05 bits per heavy atom. The van der Waals surface area contributed by atoms with Crippen LogP contribution in [-0.4, -0.2) is 11.7 Å². The Balaban J connectivity index is 1.71. The molecule has 3 nitrogen and oxygen atoms in total. The van der Waals surface area contributed by atoms with E-state index < -0.39 is 0 Å². The first kappa shape index (κ1) is 13.5. The van der Waals surface area contributed by atoms with E-state index in [1.54, 1.807) is 0 Å². The van der Waals surface area contributed by atoms with Gasteiger partial charge in [-0.3, -0.25) is 9.59 Å². The van der Waals surface area contributed by atoms with Gasteiger partial charge in [0.15, 0.2) is 0 Å². The van der Waals surface area contributed by atoms with Crippen molar-refractivity contribution >= 4 is 11.7 Å². The molecule has 4 rings (SSSR count). The highest BCUT2D eigenvalue weighted by molar-refractivity contribution is 5.87.